The molecule has 3 nitrogen and oxygen atoms in total. The zero-order chi connectivity index (χ0) is 14.0. The van der Waals surface area contributed by atoms with Crippen LogP contribution in [0.1, 0.15) is 17.0 Å². The van der Waals surface area contributed by atoms with Crippen molar-refractivity contribution in [2.24, 2.45) is 0 Å². The fourth-order valence-electron chi connectivity index (χ4n) is 1.82. The van der Waals surface area contributed by atoms with E-state index in [1.165, 1.54) is 6.07 Å². The quantitative estimate of drug-likeness (QED) is 0.896. The van der Waals surface area contributed by atoms with Crippen molar-refractivity contribution in [1.29, 1.82) is 5.26 Å². The standard InChI is InChI=1S/C14H11F2N3/c1-8-6-13(10(7-17)9(2)18-8)19-14-11(15)4-3-5-12(14)16/h3-6H,1-2H3,(H,18,19). The second-order valence-corrected chi connectivity index (χ2v) is 4.11. The predicted molar refractivity (Wildman–Crippen MR) is 68.1 cm³/mol. The molecule has 0 radical (unpaired) electrons. The van der Waals surface area contributed by atoms with Crippen LogP contribution in [-0.4, -0.2) is 4.98 Å². The predicted octanol–water partition coefficient (Wildman–Crippen LogP) is 3.59. The van der Waals surface area contributed by atoms with Gasteiger partial charge in [-0.15, -0.1) is 0 Å². The van der Waals surface area contributed by atoms with Gasteiger partial charge in [0.05, 0.1) is 16.9 Å². The van der Waals surface area contributed by atoms with E-state index in [9.17, 15) is 8.78 Å². The minimum Gasteiger partial charge on any atom is -0.350 e. The number of nitrogens with one attached hydrogen (secondary N) is 1. The minimum absolute atomic E-state index is 0.272. The van der Waals surface area contributed by atoms with E-state index in [1.807, 2.05) is 6.07 Å². The first-order valence-corrected chi connectivity index (χ1v) is 5.62. The van der Waals surface area contributed by atoms with Crippen molar-refractivity contribution >= 4 is 11.4 Å². The molecule has 0 saturated heterocycles. The van der Waals surface area contributed by atoms with E-state index in [0.29, 0.717) is 17.1 Å². The average Bonchev–Trinajstić information content (AvgIpc) is 2.33. The molecule has 1 aromatic heterocycles. The Balaban J connectivity index is 2.53. The number of aromatic nitrogens is 1. The van der Waals surface area contributed by atoms with Crippen LogP contribution < -0.4 is 5.32 Å². The van der Waals surface area contributed by atoms with E-state index >= 15 is 0 Å². The SMILES string of the molecule is Cc1cc(Nc2c(F)cccc2F)c(C#N)c(C)n1. The fraction of sp³-hybridized carbons (Fsp3) is 0.143. The Morgan fingerprint density at radius 3 is 2.42 bits per heavy atom. The Labute approximate surface area is 109 Å². The summed E-state index contributed by atoms with van der Waals surface area (Å²) in [5.74, 6) is -1.42. The molecule has 1 aromatic carbocycles. The first kappa shape index (κ1) is 13.0. The van der Waals surface area contributed by atoms with Crippen molar-refractivity contribution in [2.75, 3.05) is 5.32 Å². The number of nitriles is 1. The Bertz CT molecular complexity index is 655. The van der Waals surface area contributed by atoms with Gasteiger partial charge in [-0.25, -0.2) is 8.78 Å². The van der Waals surface area contributed by atoms with Gasteiger partial charge >= 0.3 is 0 Å². The normalized spacial score (nSPS) is 10.1. The van der Waals surface area contributed by atoms with Crippen LogP contribution in [0.2, 0.25) is 0 Å². The van der Waals surface area contributed by atoms with Gasteiger partial charge in [-0.05, 0) is 32.0 Å². The molecular weight excluding hydrogens is 248 g/mol. The number of hydrogen-bond acceptors (Lipinski definition) is 3. The number of benzene rings is 1. The highest BCUT2D eigenvalue weighted by molar-refractivity contribution is 5.68. The van der Waals surface area contributed by atoms with Crippen LogP contribution in [0.25, 0.3) is 0 Å². The van der Waals surface area contributed by atoms with Gasteiger partial charge < -0.3 is 5.32 Å². The van der Waals surface area contributed by atoms with Crippen molar-refractivity contribution < 1.29 is 8.78 Å². The van der Waals surface area contributed by atoms with E-state index < -0.39 is 11.6 Å². The maximum atomic E-state index is 13.6. The van der Waals surface area contributed by atoms with Crippen molar-refractivity contribution in [1.82, 2.24) is 4.98 Å². The topological polar surface area (TPSA) is 48.7 Å². The molecule has 0 unspecified atom stereocenters. The van der Waals surface area contributed by atoms with Gasteiger partial charge in [0.1, 0.15) is 23.4 Å². The van der Waals surface area contributed by atoms with Crippen LogP contribution in [0, 0.1) is 36.8 Å². The van der Waals surface area contributed by atoms with Gasteiger partial charge in [0.25, 0.3) is 0 Å². The number of hydrogen-bond donors (Lipinski definition) is 1. The van der Waals surface area contributed by atoms with Crippen LogP contribution >= 0.6 is 0 Å². The van der Waals surface area contributed by atoms with Gasteiger partial charge in [-0.1, -0.05) is 6.07 Å². The van der Waals surface area contributed by atoms with Gasteiger partial charge in [0.15, 0.2) is 0 Å². The number of para-hydroxylation sites is 1. The van der Waals surface area contributed by atoms with E-state index in [2.05, 4.69) is 10.3 Å². The third-order valence-corrected chi connectivity index (χ3v) is 2.66. The monoisotopic (exact) mass is 259 g/mol. The summed E-state index contributed by atoms with van der Waals surface area (Å²) < 4.78 is 27.1. The molecule has 0 aliphatic carbocycles. The summed E-state index contributed by atoms with van der Waals surface area (Å²) in [6, 6.07) is 7.15. The molecule has 0 spiro atoms. The Morgan fingerprint density at radius 2 is 1.84 bits per heavy atom. The maximum Gasteiger partial charge on any atom is 0.149 e. The van der Waals surface area contributed by atoms with Gasteiger partial charge in [-0.2, -0.15) is 5.26 Å². The first-order chi connectivity index (χ1) is 9.02. The second kappa shape index (κ2) is 5.02. The molecular formula is C14H11F2N3. The number of aryl methyl sites for hydroxylation is 2. The van der Waals surface area contributed by atoms with Crippen molar-refractivity contribution in [2.45, 2.75) is 13.8 Å². The third-order valence-electron chi connectivity index (χ3n) is 2.66. The Morgan fingerprint density at radius 1 is 1.21 bits per heavy atom. The molecule has 19 heavy (non-hydrogen) atoms. The van der Waals surface area contributed by atoms with E-state index in [0.717, 1.165) is 12.1 Å². The molecule has 0 atom stereocenters. The minimum atomic E-state index is -0.712. The summed E-state index contributed by atoms with van der Waals surface area (Å²) in [6.45, 7) is 3.42. The molecule has 1 N–H and O–H groups in total. The van der Waals surface area contributed by atoms with E-state index in [1.54, 1.807) is 19.9 Å². The lowest BCUT2D eigenvalue weighted by Gasteiger charge is -2.12. The van der Waals surface area contributed by atoms with Gasteiger partial charge in [0.2, 0.25) is 0 Å². The van der Waals surface area contributed by atoms with Crippen LogP contribution in [0.15, 0.2) is 24.3 Å². The highest BCUT2D eigenvalue weighted by Crippen LogP contribution is 2.26. The summed E-state index contributed by atoms with van der Waals surface area (Å²) >= 11 is 0. The molecule has 0 amide bonds. The molecule has 0 bridgehead atoms. The summed E-state index contributed by atoms with van der Waals surface area (Å²) in [5, 5.41) is 11.7. The summed E-state index contributed by atoms with van der Waals surface area (Å²) in [4.78, 5) is 4.14. The van der Waals surface area contributed by atoms with E-state index in [4.69, 9.17) is 5.26 Å². The molecule has 2 rings (SSSR count). The second-order valence-electron chi connectivity index (χ2n) is 4.11. The smallest absolute Gasteiger partial charge is 0.149 e. The lowest BCUT2D eigenvalue weighted by atomic mass is 10.1. The molecule has 0 aliphatic rings. The molecule has 0 fully saturated rings. The number of halogens is 2. The number of pyridine rings is 1. The highest BCUT2D eigenvalue weighted by Gasteiger charge is 2.13. The van der Waals surface area contributed by atoms with E-state index in [-0.39, 0.29) is 11.3 Å². The summed E-state index contributed by atoms with van der Waals surface area (Å²) in [5.41, 5.74) is 1.52. The molecule has 0 saturated carbocycles. The summed E-state index contributed by atoms with van der Waals surface area (Å²) in [7, 11) is 0. The summed E-state index contributed by atoms with van der Waals surface area (Å²) in [6.07, 6.45) is 0. The van der Waals surface area contributed by atoms with Crippen LogP contribution in [0.4, 0.5) is 20.2 Å². The first-order valence-electron chi connectivity index (χ1n) is 5.62. The lowest BCUT2D eigenvalue weighted by Crippen LogP contribution is -2.02. The van der Waals surface area contributed by atoms with Crippen LogP contribution in [-0.2, 0) is 0 Å². The van der Waals surface area contributed by atoms with Crippen molar-refractivity contribution in [3.63, 3.8) is 0 Å². The fourth-order valence-corrected chi connectivity index (χ4v) is 1.82. The lowest BCUT2D eigenvalue weighted by molar-refractivity contribution is 0.591. The van der Waals surface area contributed by atoms with Crippen molar-refractivity contribution in [3.8, 4) is 6.07 Å². The van der Waals surface area contributed by atoms with Gasteiger partial charge in [-0.3, -0.25) is 4.98 Å². The molecule has 0 aliphatic heterocycles. The maximum absolute atomic E-state index is 13.6. The van der Waals surface area contributed by atoms with Gasteiger partial charge in [0, 0.05) is 5.69 Å². The molecule has 1 heterocycles. The zero-order valence-electron chi connectivity index (χ0n) is 10.5. The zero-order valence-corrected chi connectivity index (χ0v) is 10.5. The average molecular weight is 259 g/mol. The number of anilines is 2. The molecule has 2 aromatic rings. The van der Waals surface area contributed by atoms with Crippen molar-refractivity contribution in [3.05, 3.63) is 52.9 Å². The Hall–Kier alpha value is -2.48. The Kier molecular flexibility index (Phi) is 3.43. The molecule has 5 heteroatoms. The van der Waals surface area contributed by atoms with Crippen LogP contribution in [0.5, 0.6) is 0 Å². The number of rotatable bonds is 2. The molecule has 96 valence electrons. The number of nitrogens with zero attached hydrogens (tertiary/aromatic N) is 2. The highest BCUT2D eigenvalue weighted by atomic mass is 19.1. The largest absolute Gasteiger partial charge is 0.350 e. The van der Waals surface area contributed by atoms with Crippen LogP contribution in [0.3, 0.4) is 0 Å². The third kappa shape index (κ3) is 2.52.